The Balaban J connectivity index is 1.43. The van der Waals surface area contributed by atoms with Crippen LogP contribution in [0.1, 0.15) is 48.3 Å². The minimum Gasteiger partial charge on any atom is -0.356 e. The van der Waals surface area contributed by atoms with Gasteiger partial charge in [-0.1, -0.05) is 18.0 Å². The van der Waals surface area contributed by atoms with Gasteiger partial charge in [0.25, 0.3) is 5.91 Å². The van der Waals surface area contributed by atoms with Gasteiger partial charge in [-0.25, -0.2) is 4.98 Å². The second kappa shape index (κ2) is 8.67. The number of benzene rings is 1. The third-order valence-electron chi connectivity index (χ3n) is 6.01. The van der Waals surface area contributed by atoms with Crippen molar-refractivity contribution in [2.45, 2.75) is 45.1 Å². The summed E-state index contributed by atoms with van der Waals surface area (Å²) in [4.78, 5) is 19.8. The van der Waals surface area contributed by atoms with Gasteiger partial charge in [-0.3, -0.25) is 4.79 Å². The third kappa shape index (κ3) is 4.02. The average Bonchev–Trinajstić information content (AvgIpc) is 3.40. The Morgan fingerprint density at radius 3 is 2.71 bits per heavy atom. The standard InChI is InChI=1S/C23H25ClN6O/c24-19-10-9-16(15-18(19)22-28-27-20-8-2-1-3-14-30(20)22)26-23(31)17-7-6-11-25-21(17)29-12-4-5-13-29/h6-7,9-11,15H,1-5,8,12-14H2,(H,26,31). The minimum atomic E-state index is -0.177. The Labute approximate surface area is 186 Å². The second-order valence-corrected chi connectivity index (χ2v) is 8.53. The van der Waals surface area contributed by atoms with Crippen molar-refractivity contribution in [1.82, 2.24) is 19.7 Å². The van der Waals surface area contributed by atoms with Crippen LogP contribution in [0.15, 0.2) is 36.5 Å². The molecule has 1 aromatic carbocycles. The molecule has 0 bridgehead atoms. The number of carbonyl (C=O) groups excluding carboxylic acids is 1. The molecule has 0 unspecified atom stereocenters. The van der Waals surface area contributed by atoms with Crippen molar-refractivity contribution < 1.29 is 4.79 Å². The van der Waals surface area contributed by atoms with Gasteiger partial charge < -0.3 is 14.8 Å². The first-order valence-electron chi connectivity index (χ1n) is 10.9. The molecule has 1 amide bonds. The van der Waals surface area contributed by atoms with Gasteiger partial charge >= 0.3 is 0 Å². The number of carbonyl (C=O) groups is 1. The van der Waals surface area contributed by atoms with Crippen molar-refractivity contribution in [2.24, 2.45) is 0 Å². The highest BCUT2D eigenvalue weighted by atomic mass is 35.5. The lowest BCUT2D eigenvalue weighted by Gasteiger charge is -2.19. The van der Waals surface area contributed by atoms with Gasteiger partial charge in [0, 0.05) is 43.5 Å². The third-order valence-corrected chi connectivity index (χ3v) is 6.34. The van der Waals surface area contributed by atoms with Gasteiger partial charge in [-0.05, 0) is 56.0 Å². The lowest BCUT2D eigenvalue weighted by atomic mass is 10.1. The molecule has 2 aromatic heterocycles. The van der Waals surface area contributed by atoms with Gasteiger partial charge in [0.2, 0.25) is 0 Å². The van der Waals surface area contributed by atoms with Crippen LogP contribution in [-0.2, 0) is 13.0 Å². The largest absolute Gasteiger partial charge is 0.356 e. The molecule has 0 saturated carbocycles. The van der Waals surface area contributed by atoms with Crippen LogP contribution in [0, 0.1) is 0 Å². The van der Waals surface area contributed by atoms with Crippen LogP contribution in [0.3, 0.4) is 0 Å². The van der Waals surface area contributed by atoms with E-state index in [2.05, 4.69) is 30.0 Å². The fraction of sp³-hybridized carbons (Fsp3) is 0.391. The van der Waals surface area contributed by atoms with Crippen LogP contribution >= 0.6 is 11.6 Å². The van der Waals surface area contributed by atoms with Crippen molar-refractivity contribution in [3.05, 3.63) is 52.9 Å². The number of rotatable bonds is 4. The highest BCUT2D eigenvalue weighted by Gasteiger charge is 2.22. The summed E-state index contributed by atoms with van der Waals surface area (Å²) in [5.74, 6) is 2.33. The van der Waals surface area contributed by atoms with E-state index in [1.54, 1.807) is 18.3 Å². The predicted octanol–water partition coefficient (Wildman–Crippen LogP) is 4.57. The summed E-state index contributed by atoms with van der Waals surface area (Å²) in [7, 11) is 0. The highest BCUT2D eigenvalue weighted by molar-refractivity contribution is 6.33. The van der Waals surface area contributed by atoms with Crippen LogP contribution < -0.4 is 10.2 Å². The van der Waals surface area contributed by atoms with Crippen molar-refractivity contribution in [2.75, 3.05) is 23.3 Å². The molecule has 2 aliphatic rings. The molecule has 0 atom stereocenters. The average molecular weight is 437 g/mol. The highest BCUT2D eigenvalue weighted by Crippen LogP contribution is 2.32. The van der Waals surface area contributed by atoms with E-state index in [0.717, 1.165) is 74.8 Å². The number of hydrogen-bond donors (Lipinski definition) is 1. The van der Waals surface area contributed by atoms with Crippen molar-refractivity contribution in [3.63, 3.8) is 0 Å². The molecule has 4 heterocycles. The van der Waals surface area contributed by atoms with Crippen molar-refractivity contribution in [1.29, 1.82) is 0 Å². The summed E-state index contributed by atoms with van der Waals surface area (Å²) >= 11 is 6.53. The van der Waals surface area contributed by atoms with Crippen molar-refractivity contribution >= 4 is 29.0 Å². The maximum atomic E-state index is 13.1. The van der Waals surface area contributed by atoms with Gasteiger partial charge in [0.15, 0.2) is 5.82 Å². The Morgan fingerprint density at radius 1 is 1.00 bits per heavy atom. The Morgan fingerprint density at radius 2 is 1.84 bits per heavy atom. The van der Waals surface area contributed by atoms with E-state index in [0.29, 0.717) is 16.3 Å². The number of halogens is 1. The molecule has 160 valence electrons. The Bertz CT molecular complexity index is 1110. The summed E-state index contributed by atoms with van der Waals surface area (Å²) in [5.41, 5.74) is 2.04. The van der Waals surface area contributed by atoms with Gasteiger partial charge in [-0.2, -0.15) is 0 Å². The van der Waals surface area contributed by atoms with Gasteiger partial charge in [0.1, 0.15) is 11.6 Å². The number of fused-ring (bicyclic) bond motifs is 1. The summed E-state index contributed by atoms with van der Waals surface area (Å²) in [6.45, 7) is 2.75. The number of aryl methyl sites for hydroxylation is 1. The van der Waals surface area contributed by atoms with Crippen LogP contribution in [0.4, 0.5) is 11.5 Å². The van der Waals surface area contributed by atoms with E-state index in [4.69, 9.17) is 11.6 Å². The first-order chi connectivity index (χ1) is 15.2. The number of aromatic nitrogens is 4. The normalized spacial score (nSPS) is 16.1. The summed E-state index contributed by atoms with van der Waals surface area (Å²) in [6.07, 6.45) is 8.35. The molecule has 5 rings (SSSR count). The van der Waals surface area contributed by atoms with Crippen LogP contribution in [0.25, 0.3) is 11.4 Å². The van der Waals surface area contributed by atoms with Gasteiger partial charge in [0.05, 0.1) is 10.6 Å². The lowest BCUT2D eigenvalue weighted by Crippen LogP contribution is -2.24. The Kier molecular flexibility index (Phi) is 5.59. The first-order valence-corrected chi connectivity index (χ1v) is 11.3. The number of amides is 1. The van der Waals surface area contributed by atoms with E-state index in [1.807, 2.05) is 18.2 Å². The number of hydrogen-bond acceptors (Lipinski definition) is 5. The monoisotopic (exact) mass is 436 g/mol. The van der Waals surface area contributed by atoms with E-state index in [1.165, 1.54) is 6.42 Å². The predicted molar refractivity (Wildman–Crippen MR) is 122 cm³/mol. The number of pyridine rings is 1. The molecular weight excluding hydrogens is 412 g/mol. The molecular formula is C23H25ClN6O. The van der Waals surface area contributed by atoms with Crippen LogP contribution in [0.2, 0.25) is 5.02 Å². The molecule has 7 nitrogen and oxygen atoms in total. The number of nitrogens with one attached hydrogen (secondary N) is 1. The second-order valence-electron chi connectivity index (χ2n) is 8.12. The van der Waals surface area contributed by atoms with E-state index < -0.39 is 0 Å². The Hall–Kier alpha value is -2.93. The maximum Gasteiger partial charge on any atom is 0.259 e. The fourth-order valence-corrected chi connectivity index (χ4v) is 4.61. The number of anilines is 2. The summed E-state index contributed by atoms with van der Waals surface area (Å²) in [6, 6.07) is 9.12. The van der Waals surface area contributed by atoms with Crippen LogP contribution in [-0.4, -0.2) is 38.7 Å². The van der Waals surface area contributed by atoms with Crippen molar-refractivity contribution in [3.8, 4) is 11.4 Å². The topological polar surface area (TPSA) is 75.9 Å². The van der Waals surface area contributed by atoms with E-state index >= 15 is 0 Å². The molecule has 1 N–H and O–H groups in total. The summed E-state index contributed by atoms with van der Waals surface area (Å²) in [5, 5.41) is 12.4. The zero-order valence-electron chi connectivity index (χ0n) is 17.4. The van der Waals surface area contributed by atoms with Gasteiger partial charge in [-0.15, -0.1) is 10.2 Å². The first kappa shape index (κ1) is 20.0. The van der Waals surface area contributed by atoms with E-state index in [9.17, 15) is 4.79 Å². The molecule has 1 fully saturated rings. The zero-order valence-corrected chi connectivity index (χ0v) is 18.1. The lowest BCUT2D eigenvalue weighted by molar-refractivity contribution is 0.102. The molecule has 0 aliphatic carbocycles. The fourth-order valence-electron chi connectivity index (χ4n) is 4.41. The summed E-state index contributed by atoms with van der Waals surface area (Å²) < 4.78 is 2.16. The molecule has 0 spiro atoms. The molecule has 31 heavy (non-hydrogen) atoms. The quantitative estimate of drug-likeness (QED) is 0.648. The molecule has 3 aromatic rings. The van der Waals surface area contributed by atoms with Crippen LogP contribution in [0.5, 0.6) is 0 Å². The molecule has 8 heteroatoms. The minimum absolute atomic E-state index is 0.177. The SMILES string of the molecule is O=C(Nc1ccc(Cl)c(-c2nnc3n2CCCCC3)c1)c1cccnc1N1CCCC1. The number of nitrogens with zero attached hydrogens (tertiary/aromatic N) is 5. The molecule has 0 radical (unpaired) electrons. The maximum absolute atomic E-state index is 13.1. The zero-order chi connectivity index (χ0) is 21.2. The molecule has 1 saturated heterocycles. The van der Waals surface area contributed by atoms with E-state index in [-0.39, 0.29) is 5.91 Å². The smallest absolute Gasteiger partial charge is 0.259 e. The molecule has 2 aliphatic heterocycles.